The van der Waals surface area contributed by atoms with Crippen LogP contribution in [0.3, 0.4) is 0 Å². The molecule has 6 nitrogen and oxygen atoms in total. The number of benzene rings is 1. The molecule has 1 N–H and O–H groups in total. The Morgan fingerprint density at radius 1 is 1.15 bits per heavy atom. The monoisotopic (exact) mass is 455 g/mol. The molecule has 3 rings (SSSR count). The van der Waals surface area contributed by atoms with Gasteiger partial charge in [0.15, 0.2) is 17.3 Å². The SMILES string of the molecule is CCCCCOC(=O)C1=C(C)NC2=C(C(=O)CC(C)(C)C2)[C@H]1c1ccc(OCC)c(OC)c1. The molecule has 0 unspecified atom stereocenters. The van der Waals surface area contributed by atoms with Gasteiger partial charge in [-0.1, -0.05) is 39.7 Å². The second-order valence-corrected chi connectivity index (χ2v) is 9.62. The maximum Gasteiger partial charge on any atom is 0.336 e. The Hall–Kier alpha value is -2.76. The van der Waals surface area contributed by atoms with Gasteiger partial charge in [0, 0.05) is 29.3 Å². The van der Waals surface area contributed by atoms with Crippen molar-refractivity contribution in [3.8, 4) is 11.5 Å². The third kappa shape index (κ3) is 5.43. The Balaban J connectivity index is 2.08. The molecule has 0 amide bonds. The van der Waals surface area contributed by atoms with Gasteiger partial charge in [-0.15, -0.1) is 0 Å². The van der Waals surface area contributed by atoms with Gasteiger partial charge in [0.25, 0.3) is 0 Å². The van der Waals surface area contributed by atoms with Crippen molar-refractivity contribution in [1.29, 1.82) is 0 Å². The number of dihydropyridines is 1. The first-order chi connectivity index (χ1) is 15.7. The highest BCUT2D eigenvalue weighted by Gasteiger charge is 2.43. The maximum absolute atomic E-state index is 13.4. The number of carbonyl (C=O) groups is 2. The van der Waals surface area contributed by atoms with Gasteiger partial charge in [0.05, 0.1) is 25.9 Å². The number of methoxy groups -OCH3 is 1. The van der Waals surface area contributed by atoms with E-state index in [1.165, 1.54) is 0 Å². The van der Waals surface area contributed by atoms with E-state index in [0.29, 0.717) is 42.3 Å². The minimum absolute atomic E-state index is 0.0652. The fourth-order valence-electron chi connectivity index (χ4n) is 4.77. The number of allylic oxidation sites excluding steroid dienone is 3. The smallest absolute Gasteiger partial charge is 0.336 e. The largest absolute Gasteiger partial charge is 0.493 e. The van der Waals surface area contributed by atoms with Crippen molar-refractivity contribution in [3.63, 3.8) is 0 Å². The predicted octanol–water partition coefficient (Wildman–Crippen LogP) is 5.43. The number of nitrogens with one attached hydrogen (secondary N) is 1. The summed E-state index contributed by atoms with van der Waals surface area (Å²) < 4.78 is 16.9. The van der Waals surface area contributed by atoms with Crippen LogP contribution in [0.15, 0.2) is 40.7 Å². The minimum Gasteiger partial charge on any atom is -0.493 e. The molecular formula is C27H37NO5. The van der Waals surface area contributed by atoms with Crippen LogP contribution in [0.5, 0.6) is 11.5 Å². The lowest BCUT2D eigenvalue weighted by atomic mass is 9.68. The lowest BCUT2D eigenvalue weighted by Gasteiger charge is -2.39. The van der Waals surface area contributed by atoms with Crippen LogP contribution in [0, 0.1) is 5.41 Å². The second-order valence-electron chi connectivity index (χ2n) is 9.62. The van der Waals surface area contributed by atoms with Gasteiger partial charge in [-0.3, -0.25) is 4.79 Å². The molecule has 180 valence electrons. The van der Waals surface area contributed by atoms with Crippen molar-refractivity contribution in [3.05, 3.63) is 46.3 Å². The summed E-state index contributed by atoms with van der Waals surface area (Å²) in [5, 5.41) is 3.38. The molecule has 1 aromatic rings. The van der Waals surface area contributed by atoms with Crippen molar-refractivity contribution in [2.45, 2.75) is 72.6 Å². The highest BCUT2D eigenvalue weighted by atomic mass is 16.5. The van der Waals surface area contributed by atoms with Crippen molar-refractivity contribution < 1.29 is 23.8 Å². The molecule has 1 atom stereocenters. The summed E-state index contributed by atoms with van der Waals surface area (Å²) >= 11 is 0. The van der Waals surface area contributed by atoms with Crippen LogP contribution in [0.2, 0.25) is 0 Å². The number of unbranched alkanes of at least 4 members (excludes halogenated alkanes) is 2. The van der Waals surface area contributed by atoms with Gasteiger partial charge in [0.2, 0.25) is 0 Å². The van der Waals surface area contributed by atoms with Crippen molar-refractivity contribution in [2.75, 3.05) is 20.3 Å². The number of hydrogen-bond acceptors (Lipinski definition) is 6. The molecule has 2 aliphatic rings. The van der Waals surface area contributed by atoms with E-state index in [9.17, 15) is 9.59 Å². The molecule has 0 bridgehead atoms. The topological polar surface area (TPSA) is 73.9 Å². The number of ether oxygens (including phenoxy) is 3. The summed E-state index contributed by atoms with van der Waals surface area (Å²) in [6.45, 7) is 11.0. The average Bonchev–Trinajstić information content (AvgIpc) is 2.75. The van der Waals surface area contributed by atoms with Crippen LogP contribution >= 0.6 is 0 Å². The first kappa shape index (κ1) is 24.9. The molecule has 1 aliphatic carbocycles. The first-order valence-corrected chi connectivity index (χ1v) is 11.9. The molecule has 0 radical (unpaired) electrons. The number of Topliss-reactive ketones (excluding diaryl/α,β-unsaturated/α-hetero) is 1. The maximum atomic E-state index is 13.4. The van der Waals surface area contributed by atoms with Gasteiger partial charge >= 0.3 is 5.97 Å². The van der Waals surface area contributed by atoms with E-state index in [0.717, 1.165) is 42.6 Å². The van der Waals surface area contributed by atoms with Crippen molar-refractivity contribution in [2.24, 2.45) is 5.41 Å². The van der Waals surface area contributed by atoms with Gasteiger partial charge in [0.1, 0.15) is 0 Å². The molecule has 0 fully saturated rings. The number of esters is 1. The average molecular weight is 456 g/mol. The molecule has 1 heterocycles. The normalized spacial score (nSPS) is 19.7. The minimum atomic E-state index is -0.506. The zero-order valence-electron chi connectivity index (χ0n) is 20.8. The molecule has 0 saturated carbocycles. The van der Waals surface area contributed by atoms with E-state index in [1.54, 1.807) is 7.11 Å². The molecule has 0 aromatic heterocycles. The summed E-state index contributed by atoms with van der Waals surface area (Å²) in [4.78, 5) is 26.7. The lowest BCUT2D eigenvalue weighted by molar-refractivity contribution is -0.139. The van der Waals surface area contributed by atoms with Crippen molar-refractivity contribution in [1.82, 2.24) is 5.32 Å². The van der Waals surface area contributed by atoms with Gasteiger partial charge in [-0.25, -0.2) is 4.79 Å². The zero-order valence-corrected chi connectivity index (χ0v) is 20.8. The van der Waals surface area contributed by atoms with Crippen LogP contribution in [0.25, 0.3) is 0 Å². The molecule has 6 heteroatoms. The zero-order chi connectivity index (χ0) is 24.2. The summed E-state index contributed by atoms with van der Waals surface area (Å²) in [5.41, 5.74) is 3.46. The van der Waals surface area contributed by atoms with Crippen LogP contribution in [-0.2, 0) is 14.3 Å². The van der Waals surface area contributed by atoms with Gasteiger partial charge < -0.3 is 19.5 Å². The number of ketones is 1. The van der Waals surface area contributed by atoms with E-state index >= 15 is 0 Å². The van der Waals surface area contributed by atoms with E-state index < -0.39 is 5.92 Å². The van der Waals surface area contributed by atoms with Crippen LogP contribution in [0.4, 0.5) is 0 Å². The Morgan fingerprint density at radius 3 is 2.58 bits per heavy atom. The van der Waals surface area contributed by atoms with Crippen LogP contribution < -0.4 is 14.8 Å². The van der Waals surface area contributed by atoms with E-state index in [1.807, 2.05) is 32.0 Å². The third-order valence-corrected chi connectivity index (χ3v) is 6.26. The van der Waals surface area contributed by atoms with Gasteiger partial charge in [-0.2, -0.15) is 0 Å². The van der Waals surface area contributed by atoms with Gasteiger partial charge in [-0.05, 0) is 49.8 Å². The fourth-order valence-corrected chi connectivity index (χ4v) is 4.77. The summed E-state index contributed by atoms with van der Waals surface area (Å²) in [5.74, 6) is 0.390. The van der Waals surface area contributed by atoms with Crippen molar-refractivity contribution >= 4 is 11.8 Å². The quantitative estimate of drug-likeness (QED) is 0.395. The molecule has 1 aromatic carbocycles. The standard InChI is InChI=1S/C27H37NO5/c1-7-9-10-13-33-26(30)23-17(3)28-19-15-27(4,5)16-20(29)25(19)24(23)18-11-12-21(32-8-2)22(14-18)31-6/h11-12,14,24,28H,7-10,13,15-16H2,1-6H3/t24-/m0/s1. The molecule has 1 aliphatic heterocycles. The summed E-state index contributed by atoms with van der Waals surface area (Å²) in [6, 6.07) is 5.63. The highest BCUT2D eigenvalue weighted by Crippen LogP contribution is 2.47. The predicted molar refractivity (Wildman–Crippen MR) is 128 cm³/mol. The second kappa shape index (κ2) is 10.4. The van der Waals surface area contributed by atoms with Crippen LogP contribution in [-0.4, -0.2) is 32.1 Å². The Labute approximate surface area is 197 Å². The van der Waals surface area contributed by atoms with E-state index in [4.69, 9.17) is 14.2 Å². The summed E-state index contributed by atoms with van der Waals surface area (Å²) in [7, 11) is 1.59. The first-order valence-electron chi connectivity index (χ1n) is 11.9. The van der Waals surface area contributed by atoms with E-state index in [2.05, 4.69) is 26.1 Å². The number of hydrogen-bond donors (Lipinski definition) is 1. The molecule has 0 saturated heterocycles. The third-order valence-electron chi connectivity index (χ3n) is 6.26. The Kier molecular flexibility index (Phi) is 7.88. The fraction of sp³-hybridized carbons (Fsp3) is 0.556. The van der Waals surface area contributed by atoms with Crippen LogP contribution in [0.1, 0.15) is 78.2 Å². The Bertz CT molecular complexity index is 973. The number of carbonyl (C=O) groups excluding carboxylic acids is 2. The van der Waals surface area contributed by atoms with E-state index in [-0.39, 0.29) is 17.2 Å². The molecule has 0 spiro atoms. The summed E-state index contributed by atoms with van der Waals surface area (Å²) in [6.07, 6.45) is 4.07. The molecule has 33 heavy (non-hydrogen) atoms. The number of rotatable bonds is 9. The highest BCUT2D eigenvalue weighted by molar-refractivity contribution is 6.04. The molecular weight excluding hydrogens is 418 g/mol. The lowest BCUT2D eigenvalue weighted by Crippen LogP contribution is -2.38. The Morgan fingerprint density at radius 2 is 1.91 bits per heavy atom.